The van der Waals surface area contributed by atoms with Gasteiger partial charge in [-0.3, -0.25) is 4.99 Å². The minimum absolute atomic E-state index is 0.214. The predicted octanol–water partition coefficient (Wildman–Crippen LogP) is 3.07. The number of phenolic OH excluding ortho intramolecular Hbond substituents is 1. The maximum Gasteiger partial charge on any atom is 0.144 e. The van der Waals surface area contributed by atoms with Gasteiger partial charge in [0.2, 0.25) is 0 Å². The van der Waals surface area contributed by atoms with Crippen LogP contribution >= 0.6 is 0 Å². The van der Waals surface area contributed by atoms with E-state index in [1.165, 1.54) is 0 Å². The maximum absolute atomic E-state index is 9.64. The number of aryl methyl sites for hydroxylation is 1. The summed E-state index contributed by atoms with van der Waals surface area (Å²) in [6, 6.07) is 3.78. The Hall–Kier alpha value is -1.57. The number of hydrogen-bond donors (Lipinski definition) is 1. The van der Waals surface area contributed by atoms with Crippen LogP contribution in [0, 0.1) is 6.92 Å². The van der Waals surface area contributed by atoms with Gasteiger partial charge in [0, 0.05) is 5.56 Å². The molecule has 0 aliphatic heterocycles. The molecular weight excluding hydrogens is 162 g/mol. The smallest absolute Gasteiger partial charge is 0.144 e. The van der Waals surface area contributed by atoms with Gasteiger partial charge in [-0.25, -0.2) is 0 Å². The van der Waals surface area contributed by atoms with Crippen LogP contribution in [-0.2, 0) is 0 Å². The van der Waals surface area contributed by atoms with Gasteiger partial charge >= 0.3 is 0 Å². The van der Waals surface area contributed by atoms with Crippen LogP contribution < -0.4 is 0 Å². The molecule has 2 heteroatoms. The minimum Gasteiger partial charge on any atom is -0.505 e. The third kappa shape index (κ3) is 1.78. The van der Waals surface area contributed by atoms with Gasteiger partial charge in [-0.2, -0.15) is 0 Å². The van der Waals surface area contributed by atoms with Crippen molar-refractivity contribution in [2.75, 3.05) is 0 Å². The SMILES string of the molecule is C=Nc1c(C=CC)ccc(C)c1O. The van der Waals surface area contributed by atoms with Crippen LogP contribution in [0.5, 0.6) is 5.75 Å². The lowest BCUT2D eigenvalue weighted by Gasteiger charge is -2.05. The number of benzene rings is 1. The first kappa shape index (κ1) is 9.52. The van der Waals surface area contributed by atoms with Gasteiger partial charge in [-0.1, -0.05) is 24.3 Å². The third-order valence-corrected chi connectivity index (χ3v) is 1.89. The molecule has 1 N–H and O–H groups in total. The van der Waals surface area contributed by atoms with Crippen LogP contribution in [-0.4, -0.2) is 11.8 Å². The number of rotatable bonds is 2. The fourth-order valence-corrected chi connectivity index (χ4v) is 1.18. The Morgan fingerprint density at radius 3 is 2.69 bits per heavy atom. The molecule has 1 aromatic carbocycles. The van der Waals surface area contributed by atoms with Crippen molar-refractivity contribution in [1.29, 1.82) is 0 Å². The lowest BCUT2D eigenvalue weighted by molar-refractivity contribution is 0.472. The van der Waals surface area contributed by atoms with Gasteiger partial charge in [-0.15, -0.1) is 0 Å². The molecule has 0 saturated carbocycles. The highest BCUT2D eigenvalue weighted by molar-refractivity contribution is 5.72. The van der Waals surface area contributed by atoms with Gasteiger partial charge < -0.3 is 5.11 Å². The summed E-state index contributed by atoms with van der Waals surface area (Å²) in [6.45, 7) is 7.19. The Bertz CT molecular complexity index is 353. The molecule has 2 nitrogen and oxygen atoms in total. The summed E-state index contributed by atoms with van der Waals surface area (Å²) in [6.07, 6.45) is 3.79. The van der Waals surface area contributed by atoms with E-state index in [-0.39, 0.29) is 5.75 Å². The van der Waals surface area contributed by atoms with Crippen molar-refractivity contribution in [3.63, 3.8) is 0 Å². The zero-order valence-electron chi connectivity index (χ0n) is 7.91. The average Bonchev–Trinajstić information content (AvgIpc) is 2.12. The van der Waals surface area contributed by atoms with Crippen molar-refractivity contribution < 1.29 is 5.11 Å². The Balaban J connectivity index is 3.37. The Labute approximate surface area is 78.3 Å². The van der Waals surface area contributed by atoms with Crippen molar-refractivity contribution in [3.8, 4) is 5.75 Å². The zero-order valence-corrected chi connectivity index (χ0v) is 7.91. The van der Waals surface area contributed by atoms with E-state index in [0.717, 1.165) is 11.1 Å². The average molecular weight is 175 g/mol. The molecule has 0 heterocycles. The fraction of sp³-hybridized carbons (Fsp3) is 0.182. The minimum atomic E-state index is 0.214. The Morgan fingerprint density at radius 2 is 2.15 bits per heavy atom. The van der Waals surface area contributed by atoms with Crippen LogP contribution in [0.2, 0.25) is 0 Å². The standard InChI is InChI=1S/C11H13NO/c1-4-5-9-7-6-8(2)11(13)10(9)12-3/h4-7,13H,3H2,1-2H3. The Kier molecular flexibility index (Phi) is 2.85. The summed E-state index contributed by atoms with van der Waals surface area (Å²) in [7, 11) is 0. The molecule has 0 saturated heterocycles. The van der Waals surface area contributed by atoms with Crippen molar-refractivity contribution in [2.24, 2.45) is 4.99 Å². The van der Waals surface area contributed by atoms with Crippen molar-refractivity contribution in [3.05, 3.63) is 29.3 Å². The molecule has 1 rings (SSSR count). The summed E-state index contributed by atoms with van der Waals surface area (Å²) in [5, 5.41) is 9.64. The van der Waals surface area contributed by atoms with Crippen LogP contribution in [0.1, 0.15) is 18.1 Å². The van der Waals surface area contributed by atoms with Gasteiger partial charge in [-0.05, 0) is 26.1 Å². The highest BCUT2D eigenvalue weighted by Crippen LogP contribution is 2.33. The second kappa shape index (κ2) is 3.90. The van der Waals surface area contributed by atoms with Crippen LogP contribution in [0.3, 0.4) is 0 Å². The van der Waals surface area contributed by atoms with Crippen molar-refractivity contribution in [1.82, 2.24) is 0 Å². The monoisotopic (exact) mass is 175 g/mol. The molecule has 0 radical (unpaired) electrons. The predicted molar refractivity (Wildman–Crippen MR) is 56.8 cm³/mol. The van der Waals surface area contributed by atoms with Crippen molar-refractivity contribution >= 4 is 18.5 Å². The summed E-state index contributed by atoms with van der Waals surface area (Å²) in [5.41, 5.74) is 2.26. The number of allylic oxidation sites excluding steroid dienone is 1. The molecule has 68 valence electrons. The van der Waals surface area contributed by atoms with Gasteiger partial charge in [0.25, 0.3) is 0 Å². The molecule has 0 aliphatic carbocycles. The molecule has 0 unspecified atom stereocenters. The number of aromatic hydroxyl groups is 1. The van der Waals surface area contributed by atoms with Crippen molar-refractivity contribution in [2.45, 2.75) is 13.8 Å². The molecule has 0 aliphatic rings. The molecule has 13 heavy (non-hydrogen) atoms. The normalized spacial score (nSPS) is 10.6. The number of phenols is 1. The lowest BCUT2D eigenvalue weighted by Crippen LogP contribution is -1.79. The van der Waals surface area contributed by atoms with E-state index in [2.05, 4.69) is 11.7 Å². The summed E-state index contributed by atoms with van der Waals surface area (Å²) >= 11 is 0. The van der Waals surface area contributed by atoms with Crippen LogP contribution in [0.15, 0.2) is 23.2 Å². The van der Waals surface area contributed by atoms with E-state index in [1.54, 1.807) is 0 Å². The van der Waals surface area contributed by atoms with E-state index in [1.807, 2.05) is 38.1 Å². The topological polar surface area (TPSA) is 32.6 Å². The second-order valence-corrected chi connectivity index (χ2v) is 2.83. The molecule has 0 atom stereocenters. The highest BCUT2D eigenvalue weighted by Gasteiger charge is 2.05. The zero-order chi connectivity index (χ0) is 9.84. The van der Waals surface area contributed by atoms with E-state index in [0.29, 0.717) is 5.69 Å². The summed E-state index contributed by atoms with van der Waals surface area (Å²) < 4.78 is 0. The molecule has 0 bridgehead atoms. The number of aliphatic imine (C=N–C) groups is 1. The quantitative estimate of drug-likeness (QED) is 0.688. The molecule has 0 aromatic heterocycles. The molecule has 1 aromatic rings. The van der Waals surface area contributed by atoms with E-state index >= 15 is 0 Å². The van der Waals surface area contributed by atoms with Crippen LogP contribution in [0.4, 0.5) is 5.69 Å². The maximum atomic E-state index is 9.64. The van der Waals surface area contributed by atoms with E-state index in [9.17, 15) is 5.11 Å². The molecule has 0 spiro atoms. The first-order valence-corrected chi connectivity index (χ1v) is 4.12. The number of nitrogens with zero attached hydrogens (tertiary/aromatic N) is 1. The molecular formula is C11H13NO. The first-order chi connectivity index (χ1) is 6.20. The highest BCUT2D eigenvalue weighted by atomic mass is 16.3. The van der Waals surface area contributed by atoms with Gasteiger partial charge in [0.1, 0.15) is 11.4 Å². The van der Waals surface area contributed by atoms with Gasteiger partial charge in [0.05, 0.1) is 0 Å². The summed E-state index contributed by atoms with van der Waals surface area (Å²) in [4.78, 5) is 3.80. The fourth-order valence-electron chi connectivity index (χ4n) is 1.18. The van der Waals surface area contributed by atoms with E-state index < -0.39 is 0 Å². The third-order valence-electron chi connectivity index (χ3n) is 1.89. The molecule has 0 fully saturated rings. The Morgan fingerprint density at radius 1 is 1.46 bits per heavy atom. The second-order valence-electron chi connectivity index (χ2n) is 2.83. The molecule has 0 amide bonds. The van der Waals surface area contributed by atoms with Gasteiger partial charge in [0.15, 0.2) is 0 Å². The largest absolute Gasteiger partial charge is 0.505 e. The lowest BCUT2D eigenvalue weighted by atomic mass is 10.1. The van der Waals surface area contributed by atoms with Crippen LogP contribution in [0.25, 0.3) is 6.08 Å². The first-order valence-electron chi connectivity index (χ1n) is 4.12. The number of hydrogen-bond acceptors (Lipinski definition) is 2. The summed E-state index contributed by atoms with van der Waals surface area (Å²) in [5.74, 6) is 0.214. The van der Waals surface area contributed by atoms with E-state index in [4.69, 9.17) is 0 Å².